The summed E-state index contributed by atoms with van der Waals surface area (Å²) in [6, 6.07) is 7.66. The molecule has 0 N–H and O–H groups in total. The molecule has 21 heavy (non-hydrogen) atoms. The fraction of sp³-hybridized carbons (Fsp3) is 0.0667. The molecule has 106 valence electrons. The largest absolute Gasteiger partial charge is 0.300 e. The van der Waals surface area contributed by atoms with Crippen LogP contribution in [0.3, 0.4) is 0 Å². The van der Waals surface area contributed by atoms with Crippen molar-refractivity contribution in [2.75, 3.05) is 4.90 Å². The fourth-order valence-corrected chi connectivity index (χ4v) is 2.45. The molecular weight excluding hydrogens is 300 g/mol. The van der Waals surface area contributed by atoms with Gasteiger partial charge < -0.3 is 4.90 Å². The molecule has 0 unspecified atom stereocenters. The average Bonchev–Trinajstić information content (AvgIpc) is 2.68. The predicted octanol–water partition coefficient (Wildman–Crippen LogP) is 3.35. The molecule has 0 aromatic heterocycles. The summed E-state index contributed by atoms with van der Waals surface area (Å²) in [6.45, 7) is -0.0996. The zero-order valence-electron chi connectivity index (χ0n) is 10.6. The molecule has 0 bridgehead atoms. The van der Waals surface area contributed by atoms with E-state index in [9.17, 15) is 18.4 Å². The molecule has 0 aliphatic carbocycles. The van der Waals surface area contributed by atoms with Crippen molar-refractivity contribution < 1.29 is 18.4 Å². The number of hydrogen-bond acceptors (Lipinski definition) is 2. The van der Waals surface area contributed by atoms with Gasteiger partial charge in [-0.25, -0.2) is 8.78 Å². The molecule has 0 spiro atoms. The van der Waals surface area contributed by atoms with Gasteiger partial charge in [0.1, 0.15) is 11.6 Å². The minimum absolute atomic E-state index is 0.0996. The van der Waals surface area contributed by atoms with Crippen molar-refractivity contribution in [2.45, 2.75) is 6.54 Å². The number of anilines is 1. The standard InChI is InChI=1S/C15H8ClF2NO2/c16-13-8(2-1-3-11(13)18)7-19-12-6-9(17)4-5-10(12)14(20)15(19)21/h1-6H,7H2. The van der Waals surface area contributed by atoms with Crippen LogP contribution >= 0.6 is 11.6 Å². The fourth-order valence-electron chi connectivity index (χ4n) is 2.27. The molecule has 1 aliphatic heterocycles. The van der Waals surface area contributed by atoms with Gasteiger partial charge in [0.15, 0.2) is 0 Å². The predicted molar refractivity (Wildman–Crippen MR) is 73.3 cm³/mol. The van der Waals surface area contributed by atoms with Gasteiger partial charge in [-0.2, -0.15) is 0 Å². The number of rotatable bonds is 2. The van der Waals surface area contributed by atoms with Crippen molar-refractivity contribution in [3.8, 4) is 0 Å². The zero-order valence-corrected chi connectivity index (χ0v) is 11.3. The number of hydrogen-bond donors (Lipinski definition) is 0. The van der Waals surface area contributed by atoms with Crippen LogP contribution in [-0.4, -0.2) is 11.7 Å². The molecule has 1 amide bonds. The highest BCUT2D eigenvalue weighted by atomic mass is 35.5. The van der Waals surface area contributed by atoms with Crippen LogP contribution in [-0.2, 0) is 11.3 Å². The van der Waals surface area contributed by atoms with Crippen molar-refractivity contribution in [3.05, 3.63) is 64.2 Å². The number of ketones is 1. The Morgan fingerprint density at radius 3 is 2.62 bits per heavy atom. The summed E-state index contributed by atoms with van der Waals surface area (Å²) >= 11 is 5.84. The Hall–Kier alpha value is -2.27. The minimum Gasteiger partial charge on any atom is -0.300 e. The number of carbonyl (C=O) groups excluding carboxylic acids is 2. The summed E-state index contributed by atoms with van der Waals surface area (Å²) < 4.78 is 26.8. The average molecular weight is 308 g/mol. The zero-order chi connectivity index (χ0) is 15.1. The first-order valence-electron chi connectivity index (χ1n) is 6.07. The van der Waals surface area contributed by atoms with Crippen LogP contribution in [0.2, 0.25) is 5.02 Å². The number of benzene rings is 2. The van der Waals surface area contributed by atoms with E-state index >= 15 is 0 Å². The van der Waals surface area contributed by atoms with Crippen LogP contribution < -0.4 is 4.90 Å². The summed E-state index contributed by atoms with van der Waals surface area (Å²) in [5.41, 5.74) is 0.647. The van der Waals surface area contributed by atoms with Gasteiger partial charge in [0.25, 0.3) is 11.7 Å². The first-order chi connectivity index (χ1) is 9.99. The van der Waals surface area contributed by atoms with Gasteiger partial charge in [-0.15, -0.1) is 0 Å². The minimum atomic E-state index is -0.782. The molecule has 0 atom stereocenters. The van der Waals surface area contributed by atoms with Gasteiger partial charge in [-0.1, -0.05) is 23.7 Å². The third-order valence-corrected chi connectivity index (χ3v) is 3.72. The molecule has 2 aromatic rings. The number of carbonyl (C=O) groups is 2. The SMILES string of the molecule is O=C1C(=O)N(Cc2cccc(F)c2Cl)c2cc(F)ccc21. The monoisotopic (exact) mass is 307 g/mol. The molecule has 3 rings (SSSR count). The Morgan fingerprint density at radius 2 is 1.86 bits per heavy atom. The van der Waals surface area contributed by atoms with Gasteiger partial charge in [0.05, 0.1) is 22.8 Å². The lowest BCUT2D eigenvalue weighted by Gasteiger charge is -2.17. The maximum Gasteiger partial charge on any atom is 0.299 e. The Balaban J connectivity index is 2.04. The van der Waals surface area contributed by atoms with Crippen LogP contribution in [0.25, 0.3) is 0 Å². The Morgan fingerprint density at radius 1 is 1.10 bits per heavy atom. The van der Waals surface area contributed by atoms with E-state index in [4.69, 9.17) is 11.6 Å². The lowest BCUT2D eigenvalue weighted by molar-refractivity contribution is -0.114. The first-order valence-corrected chi connectivity index (χ1v) is 6.45. The van der Waals surface area contributed by atoms with Crippen LogP contribution in [0.1, 0.15) is 15.9 Å². The molecule has 0 radical (unpaired) electrons. The Kier molecular flexibility index (Phi) is 3.22. The molecule has 0 saturated carbocycles. The summed E-state index contributed by atoms with van der Waals surface area (Å²) in [6.07, 6.45) is 0. The highest BCUT2D eigenvalue weighted by Gasteiger charge is 2.36. The highest BCUT2D eigenvalue weighted by Crippen LogP contribution is 2.32. The smallest absolute Gasteiger partial charge is 0.299 e. The third-order valence-electron chi connectivity index (χ3n) is 3.29. The van der Waals surface area contributed by atoms with Crippen LogP contribution in [0.4, 0.5) is 14.5 Å². The van der Waals surface area contributed by atoms with E-state index in [1.807, 2.05) is 0 Å². The number of Topliss-reactive ketones (excluding diaryl/α,β-unsaturated/α-hetero) is 1. The molecule has 0 saturated heterocycles. The Labute approximate surface area is 123 Å². The van der Waals surface area contributed by atoms with Crippen LogP contribution in [0.5, 0.6) is 0 Å². The number of nitrogens with zero attached hydrogens (tertiary/aromatic N) is 1. The van der Waals surface area contributed by atoms with Gasteiger partial charge in [0.2, 0.25) is 0 Å². The van der Waals surface area contributed by atoms with E-state index < -0.39 is 23.3 Å². The van der Waals surface area contributed by atoms with Gasteiger partial charge in [-0.05, 0) is 29.8 Å². The van der Waals surface area contributed by atoms with Crippen molar-refractivity contribution in [3.63, 3.8) is 0 Å². The van der Waals surface area contributed by atoms with Crippen molar-refractivity contribution in [1.82, 2.24) is 0 Å². The number of fused-ring (bicyclic) bond motifs is 1. The first kappa shape index (κ1) is 13.7. The summed E-state index contributed by atoms with van der Waals surface area (Å²) in [5, 5.41) is -0.123. The topological polar surface area (TPSA) is 37.4 Å². The van der Waals surface area contributed by atoms with Crippen molar-refractivity contribution in [2.24, 2.45) is 0 Å². The maximum absolute atomic E-state index is 13.4. The summed E-state index contributed by atoms with van der Waals surface area (Å²) in [7, 11) is 0. The van der Waals surface area contributed by atoms with E-state index in [0.717, 1.165) is 17.0 Å². The van der Waals surface area contributed by atoms with E-state index in [1.165, 1.54) is 18.2 Å². The van der Waals surface area contributed by atoms with E-state index in [-0.39, 0.29) is 22.8 Å². The van der Waals surface area contributed by atoms with Gasteiger partial charge >= 0.3 is 0 Å². The second-order valence-corrected chi connectivity index (χ2v) is 4.97. The molecule has 6 heteroatoms. The van der Waals surface area contributed by atoms with E-state index in [2.05, 4.69) is 0 Å². The van der Waals surface area contributed by atoms with E-state index in [1.54, 1.807) is 6.07 Å². The molecular formula is C15H8ClF2NO2. The quantitative estimate of drug-likeness (QED) is 0.798. The lowest BCUT2D eigenvalue weighted by Crippen LogP contribution is -2.29. The number of amides is 1. The Bertz CT molecular complexity index is 776. The maximum atomic E-state index is 13.4. The van der Waals surface area contributed by atoms with E-state index in [0.29, 0.717) is 5.56 Å². The van der Waals surface area contributed by atoms with Gasteiger partial charge in [-0.3, -0.25) is 9.59 Å². The van der Waals surface area contributed by atoms with Crippen molar-refractivity contribution in [1.29, 1.82) is 0 Å². The normalized spacial score (nSPS) is 13.8. The molecule has 2 aromatic carbocycles. The summed E-state index contributed by atoms with van der Waals surface area (Å²) in [5.74, 6) is -2.67. The van der Waals surface area contributed by atoms with Crippen molar-refractivity contribution >= 4 is 29.0 Å². The second-order valence-electron chi connectivity index (χ2n) is 4.59. The molecule has 1 aliphatic rings. The highest BCUT2D eigenvalue weighted by molar-refractivity contribution is 6.52. The lowest BCUT2D eigenvalue weighted by atomic mass is 10.1. The van der Waals surface area contributed by atoms with Gasteiger partial charge in [0, 0.05) is 0 Å². The molecule has 3 nitrogen and oxygen atoms in total. The molecule has 0 fully saturated rings. The molecule has 1 heterocycles. The van der Waals surface area contributed by atoms with Crippen LogP contribution in [0, 0.1) is 11.6 Å². The van der Waals surface area contributed by atoms with Crippen LogP contribution in [0.15, 0.2) is 36.4 Å². The third kappa shape index (κ3) is 2.19. The second kappa shape index (κ2) is 4.93. The number of halogens is 3. The summed E-state index contributed by atoms with van der Waals surface area (Å²) in [4.78, 5) is 24.9.